The highest BCUT2D eigenvalue weighted by Crippen LogP contribution is 2.23. The van der Waals surface area contributed by atoms with E-state index in [0.717, 1.165) is 22.7 Å². The molecule has 4 aromatic rings. The van der Waals surface area contributed by atoms with Crippen LogP contribution in [0.3, 0.4) is 0 Å². The summed E-state index contributed by atoms with van der Waals surface area (Å²) in [5, 5.41) is 6.37. The van der Waals surface area contributed by atoms with Gasteiger partial charge in [0, 0.05) is 34.2 Å². The number of nitrogens with zero attached hydrogens (tertiary/aromatic N) is 2. The maximum absolute atomic E-state index is 6.34. The summed E-state index contributed by atoms with van der Waals surface area (Å²) in [6, 6.07) is 26.6. The second-order valence-electron chi connectivity index (χ2n) is 6.40. The number of hydrogen-bond donors (Lipinski definition) is 1. The summed E-state index contributed by atoms with van der Waals surface area (Å²) in [6.07, 6.45) is 4.01. The Bertz CT molecular complexity index is 1070. The molecule has 0 atom stereocenters. The van der Waals surface area contributed by atoms with Gasteiger partial charge in [-0.25, -0.2) is 0 Å². The predicted molar refractivity (Wildman–Crippen MR) is 113 cm³/mol. The molecule has 0 aliphatic heterocycles. The van der Waals surface area contributed by atoms with E-state index in [1.165, 1.54) is 16.5 Å². The summed E-state index contributed by atoms with van der Waals surface area (Å²) in [7, 11) is 0. The maximum atomic E-state index is 6.34. The zero-order chi connectivity index (χ0) is 18.5. The maximum Gasteiger partial charge on any atom is 0.0580 e. The lowest BCUT2D eigenvalue weighted by atomic mass is 10.2. The highest BCUT2D eigenvalue weighted by atomic mass is 35.5. The Labute approximate surface area is 163 Å². The van der Waals surface area contributed by atoms with Gasteiger partial charge >= 0.3 is 0 Å². The van der Waals surface area contributed by atoms with Crippen molar-refractivity contribution in [1.82, 2.24) is 9.99 Å². The molecule has 27 heavy (non-hydrogen) atoms. The largest absolute Gasteiger partial charge is 0.342 e. The Morgan fingerprint density at radius 2 is 1.63 bits per heavy atom. The van der Waals surface area contributed by atoms with E-state index < -0.39 is 0 Å². The van der Waals surface area contributed by atoms with Gasteiger partial charge in [0.15, 0.2) is 0 Å². The second-order valence-corrected chi connectivity index (χ2v) is 6.81. The Morgan fingerprint density at radius 1 is 0.889 bits per heavy atom. The molecule has 0 aliphatic rings. The Balaban J connectivity index is 1.56. The third-order valence-corrected chi connectivity index (χ3v) is 4.91. The molecule has 1 N–H and O–H groups in total. The highest BCUT2D eigenvalue weighted by molar-refractivity contribution is 6.31. The minimum Gasteiger partial charge on any atom is -0.342 e. The molecule has 3 aromatic carbocycles. The average Bonchev–Trinajstić information content (AvgIpc) is 3.06. The van der Waals surface area contributed by atoms with Gasteiger partial charge in [-0.2, -0.15) is 5.10 Å². The van der Waals surface area contributed by atoms with Gasteiger partial charge in [-0.05, 0) is 23.3 Å². The van der Waals surface area contributed by atoms with Crippen LogP contribution in [-0.2, 0) is 13.1 Å². The number of para-hydroxylation sites is 1. The number of hydrogen-bond acceptors (Lipinski definition) is 2. The smallest absolute Gasteiger partial charge is 0.0580 e. The van der Waals surface area contributed by atoms with Gasteiger partial charge in [-0.1, -0.05) is 78.3 Å². The number of halogens is 1. The number of hydrazone groups is 1. The second kappa shape index (κ2) is 8.11. The van der Waals surface area contributed by atoms with Crippen LogP contribution in [0.25, 0.3) is 10.9 Å². The lowest BCUT2D eigenvalue weighted by Crippen LogP contribution is -2.05. The zero-order valence-electron chi connectivity index (χ0n) is 14.8. The van der Waals surface area contributed by atoms with Crippen LogP contribution in [0, 0.1) is 0 Å². The summed E-state index contributed by atoms with van der Waals surface area (Å²) in [5.74, 6) is 0. The molecule has 4 rings (SSSR count). The number of fused-ring (bicyclic) bond motifs is 1. The number of rotatable bonds is 6. The van der Waals surface area contributed by atoms with Crippen molar-refractivity contribution < 1.29 is 0 Å². The first-order valence-electron chi connectivity index (χ1n) is 8.92. The molecule has 3 nitrogen and oxygen atoms in total. The summed E-state index contributed by atoms with van der Waals surface area (Å²) >= 11 is 6.34. The number of aromatic nitrogens is 1. The number of benzene rings is 3. The molecule has 0 saturated carbocycles. The highest BCUT2D eigenvalue weighted by Gasteiger charge is 2.08. The normalized spacial score (nSPS) is 11.3. The SMILES string of the molecule is Clc1ccccc1Cn1cc(C=NNCc2ccccc2)c2ccccc21. The molecule has 0 aliphatic carbocycles. The van der Waals surface area contributed by atoms with Gasteiger partial charge in [-0.15, -0.1) is 0 Å². The van der Waals surface area contributed by atoms with E-state index in [1.807, 2.05) is 42.6 Å². The van der Waals surface area contributed by atoms with Gasteiger partial charge in [0.1, 0.15) is 0 Å². The standard InChI is InChI=1S/C23H20ClN3/c24-22-12-6-4-10-19(22)16-27-17-20(21-11-5-7-13-23(21)27)15-26-25-14-18-8-2-1-3-9-18/h1-13,15,17,25H,14,16H2. The first kappa shape index (κ1) is 17.4. The van der Waals surface area contributed by atoms with Crippen LogP contribution >= 0.6 is 11.6 Å². The molecule has 1 heterocycles. The van der Waals surface area contributed by atoms with Crippen LogP contribution in [0.2, 0.25) is 5.02 Å². The molecule has 134 valence electrons. The quantitative estimate of drug-likeness (QED) is 0.352. The van der Waals surface area contributed by atoms with Crippen molar-refractivity contribution in [3.63, 3.8) is 0 Å². The fraction of sp³-hybridized carbons (Fsp3) is 0.0870. The summed E-state index contributed by atoms with van der Waals surface area (Å²) < 4.78 is 2.22. The van der Waals surface area contributed by atoms with Crippen LogP contribution in [0.4, 0.5) is 0 Å². The average molecular weight is 374 g/mol. The fourth-order valence-electron chi connectivity index (χ4n) is 3.17. The molecule has 4 heteroatoms. The minimum absolute atomic E-state index is 0.704. The molecule has 0 unspecified atom stereocenters. The predicted octanol–water partition coefficient (Wildman–Crippen LogP) is 5.47. The van der Waals surface area contributed by atoms with Gasteiger partial charge in [0.2, 0.25) is 0 Å². The van der Waals surface area contributed by atoms with Gasteiger partial charge in [-0.3, -0.25) is 0 Å². The Hall–Kier alpha value is -3.04. The van der Waals surface area contributed by atoms with Crippen molar-refractivity contribution in [2.24, 2.45) is 5.10 Å². The van der Waals surface area contributed by atoms with Crippen LogP contribution in [-0.4, -0.2) is 10.8 Å². The third-order valence-electron chi connectivity index (χ3n) is 4.54. The van der Waals surface area contributed by atoms with Crippen molar-refractivity contribution in [3.8, 4) is 0 Å². The van der Waals surface area contributed by atoms with E-state index >= 15 is 0 Å². The molecule has 0 amide bonds. The van der Waals surface area contributed by atoms with Crippen LogP contribution in [0.1, 0.15) is 16.7 Å². The van der Waals surface area contributed by atoms with Gasteiger partial charge < -0.3 is 9.99 Å². The molecular formula is C23H20ClN3. The minimum atomic E-state index is 0.704. The molecule has 0 saturated heterocycles. The van der Waals surface area contributed by atoms with Crippen molar-refractivity contribution in [2.45, 2.75) is 13.1 Å². The van der Waals surface area contributed by atoms with E-state index in [2.05, 4.69) is 63.8 Å². The van der Waals surface area contributed by atoms with Gasteiger partial charge in [0.05, 0.1) is 12.8 Å². The summed E-state index contributed by atoms with van der Waals surface area (Å²) in [5.41, 5.74) is 7.68. The van der Waals surface area contributed by atoms with Crippen molar-refractivity contribution in [1.29, 1.82) is 0 Å². The molecule has 0 spiro atoms. The molecule has 1 aromatic heterocycles. The zero-order valence-corrected chi connectivity index (χ0v) is 15.6. The van der Waals surface area contributed by atoms with E-state index in [9.17, 15) is 0 Å². The first-order valence-corrected chi connectivity index (χ1v) is 9.30. The molecular weight excluding hydrogens is 354 g/mol. The fourth-order valence-corrected chi connectivity index (χ4v) is 3.36. The van der Waals surface area contributed by atoms with Crippen molar-refractivity contribution in [2.75, 3.05) is 0 Å². The first-order chi connectivity index (χ1) is 13.3. The van der Waals surface area contributed by atoms with E-state index in [4.69, 9.17) is 11.6 Å². The molecule has 0 bridgehead atoms. The Kier molecular flexibility index (Phi) is 5.22. The monoisotopic (exact) mass is 373 g/mol. The molecule has 0 radical (unpaired) electrons. The van der Waals surface area contributed by atoms with Crippen molar-refractivity contribution in [3.05, 3.63) is 107 Å². The third kappa shape index (κ3) is 4.04. The lowest BCUT2D eigenvalue weighted by molar-refractivity contribution is 0.748. The van der Waals surface area contributed by atoms with E-state index in [1.54, 1.807) is 0 Å². The van der Waals surface area contributed by atoms with Crippen molar-refractivity contribution >= 4 is 28.7 Å². The van der Waals surface area contributed by atoms with E-state index in [-0.39, 0.29) is 0 Å². The summed E-state index contributed by atoms with van der Waals surface area (Å²) in [6.45, 7) is 1.43. The van der Waals surface area contributed by atoms with Crippen LogP contribution < -0.4 is 5.43 Å². The van der Waals surface area contributed by atoms with Gasteiger partial charge in [0.25, 0.3) is 0 Å². The summed E-state index contributed by atoms with van der Waals surface area (Å²) in [4.78, 5) is 0. The topological polar surface area (TPSA) is 29.3 Å². The molecule has 0 fully saturated rings. The Morgan fingerprint density at radius 3 is 2.48 bits per heavy atom. The number of nitrogens with one attached hydrogen (secondary N) is 1. The lowest BCUT2D eigenvalue weighted by Gasteiger charge is -2.07. The van der Waals surface area contributed by atoms with E-state index in [0.29, 0.717) is 6.54 Å². The van der Waals surface area contributed by atoms with Crippen LogP contribution in [0.15, 0.2) is 90.2 Å². The van der Waals surface area contributed by atoms with Crippen LogP contribution in [0.5, 0.6) is 0 Å².